The lowest BCUT2D eigenvalue weighted by Gasteiger charge is -1.99. The molecule has 72 valence electrons. The van der Waals surface area contributed by atoms with E-state index in [0.29, 0.717) is 6.42 Å². The molecule has 0 bridgehead atoms. The van der Waals surface area contributed by atoms with Gasteiger partial charge in [0.05, 0.1) is 18.6 Å². The molecule has 1 heterocycles. The van der Waals surface area contributed by atoms with Crippen LogP contribution >= 0.6 is 0 Å². The average molecular weight is 175 g/mol. The zero-order chi connectivity index (χ0) is 8.53. The smallest absolute Gasteiger partial charge is 0.0705 e. The molecule has 1 unspecified atom stereocenters. The fourth-order valence-corrected chi connectivity index (χ4v) is 0.907. The summed E-state index contributed by atoms with van der Waals surface area (Å²) in [6.45, 7) is 2.78. The van der Waals surface area contributed by atoms with Crippen molar-refractivity contribution < 1.29 is 15.3 Å². The number of rotatable bonds is 1. The van der Waals surface area contributed by atoms with Gasteiger partial charge in [-0.3, -0.25) is 0 Å². The van der Waals surface area contributed by atoms with E-state index in [9.17, 15) is 0 Å². The molecule has 0 amide bonds. The fourth-order valence-electron chi connectivity index (χ4n) is 0.907. The predicted octanol–water partition coefficient (Wildman–Crippen LogP) is 0.253. The monoisotopic (exact) mass is 175 g/mol. The minimum absolute atomic E-state index is 0. The van der Waals surface area contributed by atoms with Crippen LogP contribution in [0, 0.1) is 11.3 Å². The molecule has 0 saturated carbocycles. The molecule has 3 N–H and O–H groups in total. The minimum Gasteiger partial charge on any atom is -0.412 e. The maximum atomic E-state index is 8.20. The normalized spacial score (nSPS) is 19.9. The van der Waals surface area contributed by atoms with Gasteiger partial charge in [0.1, 0.15) is 0 Å². The Balaban J connectivity index is 0. The van der Waals surface area contributed by atoms with Crippen LogP contribution in [0.3, 0.4) is 0 Å². The third-order valence-electron chi connectivity index (χ3n) is 1.34. The zero-order valence-corrected chi connectivity index (χ0v) is 7.42. The molecule has 1 atom stereocenters. The Hall–Kier alpha value is -0.630. The Morgan fingerprint density at radius 1 is 1.67 bits per heavy atom. The predicted molar refractivity (Wildman–Crippen MR) is 45.6 cm³/mol. The summed E-state index contributed by atoms with van der Waals surface area (Å²) in [5.41, 5.74) is 0. The highest BCUT2D eigenvalue weighted by Gasteiger charge is 2.13. The van der Waals surface area contributed by atoms with E-state index < -0.39 is 0 Å². The van der Waals surface area contributed by atoms with Crippen LogP contribution in [-0.4, -0.2) is 29.9 Å². The Labute approximate surface area is 73.1 Å². The van der Waals surface area contributed by atoms with E-state index in [2.05, 4.69) is 6.07 Å². The number of ether oxygens (including phenoxy) is 1. The second-order valence-corrected chi connectivity index (χ2v) is 2.31. The minimum atomic E-state index is 0. The second kappa shape index (κ2) is 10.4. The largest absolute Gasteiger partial charge is 0.412 e. The van der Waals surface area contributed by atoms with E-state index in [1.54, 1.807) is 6.92 Å². The summed E-state index contributed by atoms with van der Waals surface area (Å²) in [6, 6.07) is 2.08. The molecular weight excluding hydrogens is 158 g/mol. The van der Waals surface area contributed by atoms with Gasteiger partial charge in [0.15, 0.2) is 0 Å². The molecule has 0 radical (unpaired) electrons. The summed E-state index contributed by atoms with van der Waals surface area (Å²) in [7, 11) is 0. The highest BCUT2D eigenvalue weighted by atomic mass is 16.5. The third kappa shape index (κ3) is 7.48. The molecule has 0 aromatic rings. The van der Waals surface area contributed by atoms with Gasteiger partial charge in [-0.25, -0.2) is 0 Å². The van der Waals surface area contributed by atoms with Crippen molar-refractivity contribution in [2.45, 2.75) is 32.3 Å². The highest BCUT2D eigenvalue weighted by molar-refractivity contribution is 4.78. The SMILES string of the molecule is CCO.N#CCC1CCCO1.O. The number of nitrogens with zero attached hydrogens (tertiary/aromatic N) is 1. The maximum absolute atomic E-state index is 8.20. The van der Waals surface area contributed by atoms with E-state index >= 15 is 0 Å². The summed E-state index contributed by atoms with van der Waals surface area (Å²) >= 11 is 0. The number of aliphatic hydroxyl groups is 1. The van der Waals surface area contributed by atoms with Crippen molar-refractivity contribution in [2.75, 3.05) is 13.2 Å². The number of hydrogen-bond acceptors (Lipinski definition) is 3. The van der Waals surface area contributed by atoms with Crippen molar-refractivity contribution in [3.8, 4) is 6.07 Å². The molecule has 1 rings (SSSR count). The number of nitriles is 1. The van der Waals surface area contributed by atoms with Gasteiger partial charge in [0.25, 0.3) is 0 Å². The quantitative estimate of drug-likeness (QED) is 0.620. The molecule has 0 spiro atoms. The Morgan fingerprint density at radius 3 is 2.58 bits per heavy atom. The first-order chi connectivity index (χ1) is 5.35. The van der Waals surface area contributed by atoms with Gasteiger partial charge in [-0.2, -0.15) is 5.26 Å². The van der Waals surface area contributed by atoms with Gasteiger partial charge in [-0.05, 0) is 19.8 Å². The van der Waals surface area contributed by atoms with Crippen LogP contribution in [0.4, 0.5) is 0 Å². The van der Waals surface area contributed by atoms with Crippen LogP contribution < -0.4 is 0 Å². The summed E-state index contributed by atoms with van der Waals surface area (Å²) in [5.74, 6) is 0. The molecule has 1 fully saturated rings. The van der Waals surface area contributed by atoms with E-state index in [1.807, 2.05) is 0 Å². The van der Waals surface area contributed by atoms with Crippen LogP contribution in [-0.2, 0) is 4.74 Å². The van der Waals surface area contributed by atoms with Gasteiger partial charge in [-0.1, -0.05) is 0 Å². The topological polar surface area (TPSA) is 84.8 Å². The molecule has 0 aliphatic carbocycles. The Morgan fingerprint density at radius 2 is 2.25 bits per heavy atom. The first-order valence-corrected chi connectivity index (χ1v) is 3.94. The van der Waals surface area contributed by atoms with Crippen molar-refractivity contribution in [1.82, 2.24) is 0 Å². The van der Waals surface area contributed by atoms with Gasteiger partial charge >= 0.3 is 0 Å². The Bertz CT molecular complexity index is 116. The summed E-state index contributed by atoms with van der Waals surface area (Å²) < 4.78 is 5.17. The number of hydrogen-bond donors (Lipinski definition) is 1. The van der Waals surface area contributed by atoms with Crippen molar-refractivity contribution in [3.63, 3.8) is 0 Å². The van der Waals surface area contributed by atoms with Gasteiger partial charge in [0.2, 0.25) is 0 Å². The summed E-state index contributed by atoms with van der Waals surface area (Å²) in [4.78, 5) is 0. The zero-order valence-electron chi connectivity index (χ0n) is 7.42. The summed E-state index contributed by atoms with van der Waals surface area (Å²) in [6.07, 6.45) is 3.03. The average Bonchev–Trinajstić information content (AvgIpc) is 2.42. The third-order valence-corrected chi connectivity index (χ3v) is 1.34. The first-order valence-electron chi connectivity index (χ1n) is 3.94. The van der Waals surface area contributed by atoms with Crippen LogP contribution in [0.15, 0.2) is 0 Å². The lowest BCUT2D eigenvalue weighted by molar-refractivity contribution is 0.115. The lowest BCUT2D eigenvalue weighted by Crippen LogP contribution is -2.01. The first kappa shape index (κ1) is 13.9. The highest BCUT2D eigenvalue weighted by Crippen LogP contribution is 2.13. The van der Waals surface area contributed by atoms with Gasteiger partial charge < -0.3 is 15.3 Å². The molecule has 0 aromatic carbocycles. The van der Waals surface area contributed by atoms with Crippen LogP contribution in [0.5, 0.6) is 0 Å². The number of aliphatic hydroxyl groups excluding tert-OH is 1. The molecule has 1 saturated heterocycles. The van der Waals surface area contributed by atoms with Crippen LogP contribution in [0.2, 0.25) is 0 Å². The van der Waals surface area contributed by atoms with Crippen LogP contribution in [0.25, 0.3) is 0 Å². The molecule has 0 aromatic heterocycles. The molecule has 1 aliphatic heterocycles. The van der Waals surface area contributed by atoms with E-state index in [4.69, 9.17) is 15.1 Å². The van der Waals surface area contributed by atoms with Crippen molar-refractivity contribution >= 4 is 0 Å². The molecule has 12 heavy (non-hydrogen) atoms. The van der Waals surface area contributed by atoms with E-state index in [0.717, 1.165) is 19.4 Å². The molecule has 4 nitrogen and oxygen atoms in total. The van der Waals surface area contributed by atoms with Crippen molar-refractivity contribution in [1.29, 1.82) is 5.26 Å². The summed E-state index contributed by atoms with van der Waals surface area (Å²) in [5, 5.41) is 15.8. The standard InChI is InChI=1S/C6H9NO.C2H6O.H2O/c7-4-3-6-2-1-5-8-6;1-2-3;/h6H,1-3,5H2;3H,2H2,1H3;1H2. The molecular formula is C8H17NO3. The second-order valence-electron chi connectivity index (χ2n) is 2.31. The van der Waals surface area contributed by atoms with Crippen molar-refractivity contribution in [2.24, 2.45) is 0 Å². The molecule has 4 heteroatoms. The van der Waals surface area contributed by atoms with E-state index in [1.165, 1.54) is 0 Å². The lowest BCUT2D eigenvalue weighted by atomic mass is 10.2. The van der Waals surface area contributed by atoms with Gasteiger partial charge in [-0.15, -0.1) is 0 Å². The Kier molecular flexibility index (Phi) is 12.0. The van der Waals surface area contributed by atoms with Gasteiger partial charge in [0, 0.05) is 13.2 Å². The van der Waals surface area contributed by atoms with Crippen molar-refractivity contribution in [3.05, 3.63) is 0 Å². The maximum Gasteiger partial charge on any atom is 0.0705 e. The van der Waals surface area contributed by atoms with Crippen LogP contribution in [0.1, 0.15) is 26.2 Å². The fraction of sp³-hybridized carbons (Fsp3) is 0.875. The van der Waals surface area contributed by atoms with E-state index in [-0.39, 0.29) is 18.2 Å². The molecule has 1 aliphatic rings.